The molecule has 1 aliphatic carbocycles. The second kappa shape index (κ2) is 2.20. The maximum atomic E-state index is 6.30. The minimum absolute atomic E-state index is 0.175. The van der Waals surface area contributed by atoms with Gasteiger partial charge in [-0.1, -0.05) is 0 Å². The third-order valence-electron chi connectivity index (χ3n) is 3.65. The van der Waals surface area contributed by atoms with Crippen LogP contribution in [-0.2, 0) is 0 Å². The summed E-state index contributed by atoms with van der Waals surface area (Å²) in [6, 6.07) is 1.38. The van der Waals surface area contributed by atoms with E-state index in [1.54, 1.807) is 0 Å². The molecule has 2 N–H and O–H groups in total. The molecular weight excluding hydrogens is 136 g/mol. The Kier molecular flexibility index (Phi) is 1.52. The van der Waals surface area contributed by atoms with E-state index in [2.05, 4.69) is 18.9 Å². The third-order valence-corrected chi connectivity index (χ3v) is 3.65. The second-order valence-corrected chi connectivity index (χ2v) is 4.36. The molecule has 0 spiro atoms. The number of nitrogens with zero attached hydrogens (tertiary/aromatic N) is 1. The molecule has 0 aromatic carbocycles. The molecule has 1 saturated carbocycles. The average molecular weight is 154 g/mol. The normalized spacial score (nSPS) is 51.5. The highest BCUT2D eigenvalue weighted by molar-refractivity contribution is 5.09. The van der Waals surface area contributed by atoms with Crippen LogP contribution in [0.4, 0.5) is 0 Å². The van der Waals surface area contributed by atoms with Crippen molar-refractivity contribution in [2.45, 2.75) is 50.2 Å². The zero-order chi connectivity index (χ0) is 8.06. The van der Waals surface area contributed by atoms with Gasteiger partial charge in [-0.25, -0.2) is 0 Å². The van der Waals surface area contributed by atoms with E-state index in [0.29, 0.717) is 12.1 Å². The minimum Gasteiger partial charge on any atom is -0.324 e. The van der Waals surface area contributed by atoms with Crippen LogP contribution in [0.2, 0.25) is 0 Å². The molecule has 2 heteroatoms. The van der Waals surface area contributed by atoms with Crippen molar-refractivity contribution in [2.24, 2.45) is 5.73 Å². The summed E-state index contributed by atoms with van der Waals surface area (Å²) in [5, 5.41) is 0. The summed E-state index contributed by atoms with van der Waals surface area (Å²) in [5.41, 5.74) is 6.48. The van der Waals surface area contributed by atoms with Crippen molar-refractivity contribution in [1.82, 2.24) is 4.90 Å². The van der Waals surface area contributed by atoms with E-state index >= 15 is 0 Å². The smallest absolute Gasteiger partial charge is 0.0327 e. The average Bonchev–Trinajstić information content (AvgIpc) is 2.36. The Morgan fingerprint density at radius 2 is 2.27 bits per heavy atom. The van der Waals surface area contributed by atoms with Crippen molar-refractivity contribution in [2.75, 3.05) is 7.05 Å². The predicted molar refractivity (Wildman–Crippen MR) is 46.4 cm³/mol. The van der Waals surface area contributed by atoms with E-state index in [9.17, 15) is 0 Å². The third kappa shape index (κ3) is 0.926. The molecule has 3 atom stereocenters. The maximum Gasteiger partial charge on any atom is 0.0327 e. The van der Waals surface area contributed by atoms with Crippen LogP contribution in [0.15, 0.2) is 0 Å². The molecule has 1 saturated heterocycles. The number of rotatable bonds is 0. The van der Waals surface area contributed by atoms with Gasteiger partial charge >= 0.3 is 0 Å². The van der Waals surface area contributed by atoms with E-state index in [0.717, 1.165) is 0 Å². The highest BCUT2D eigenvalue weighted by atomic mass is 15.2. The largest absolute Gasteiger partial charge is 0.324 e. The van der Waals surface area contributed by atoms with Gasteiger partial charge < -0.3 is 5.73 Å². The lowest BCUT2D eigenvalue weighted by Crippen LogP contribution is -2.46. The summed E-state index contributed by atoms with van der Waals surface area (Å²) in [5.74, 6) is 0. The van der Waals surface area contributed by atoms with Crippen LogP contribution in [0.1, 0.15) is 32.6 Å². The molecule has 0 unspecified atom stereocenters. The highest BCUT2D eigenvalue weighted by Crippen LogP contribution is 2.41. The molecule has 0 bridgehead atoms. The zero-order valence-electron chi connectivity index (χ0n) is 7.51. The van der Waals surface area contributed by atoms with Crippen LogP contribution in [0.5, 0.6) is 0 Å². The molecule has 0 aromatic rings. The van der Waals surface area contributed by atoms with Gasteiger partial charge in [0, 0.05) is 17.6 Å². The fraction of sp³-hybridized carbons (Fsp3) is 1.00. The molecule has 2 fully saturated rings. The standard InChI is InChI=1S/C9H18N2/c1-7-6-9(10)5-3-4-8(9)11(7)2/h7-8H,3-6,10H2,1-2H3/t7-,8-,9+/m1/s1. The van der Waals surface area contributed by atoms with E-state index < -0.39 is 0 Å². The fourth-order valence-corrected chi connectivity index (χ4v) is 2.93. The quantitative estimate of drug-likeness (QED) is 0.563. The predicted octanol–water partition coefficient (Wildman–Crippen LogP) is 0.960. The number of hydrogen-bond acceptors (Lipinski definition) is 2. The summed E-state index contributed by atoms with van der Waals surface area (Å²) in [6.45, 7) is 2.28. The minimum atomic E-state index is 0.175. The monoisotopic (exact) mass is 154 g/mol. The molecule has 0 aromatic heterocycles. The number of nitrogens with two attached hydrogens (primary N) is 1. The molecule has 2 nitrogen and oxygen atoms in total. The summed E-state index contributed by atoms with van der Waals surface area (Å²) in [4.78, 5) is 2.47. The van der Waals surface area contributed by atoms with Gasteiger partial charge in [-0.2, -0.15) is 0 Å². The summed E-state index contributed by atoms with van der Waals surface area (Å²) in [6.07, 6.45) is 5.09. The van der Waals surface area contributed by atoms with Gasteiger partial charge in [0.05, 0.1) is 0 Å². The Balaban J connectivity index is 2.21. The van der Waals surface area contributed by atoms with Crippen molar-refractivity contribution in [3.05, 3.63) is 0 Å². The molecular formula is C9H18N2. The first-order chi connectivity index (χ1) is 5.13. The Hall–Kier alpha value is -0.0800. The van der Waals surface area contributed by atoms with E-state index in [4.69, 9.17) is 5.73 Å². The van der Waals surface area contributed by atoms with Crippen LogP contribution < -0.4 is 5.73 Å². The van der Waals surface area contributed by atoms with Crippen molar-refractivity contribution in [3.8, 4) is 0 Å². The van der Waals surface area contributed by atoms with Crippen LogP contribution in [0.3, 0.4) is 0 Å². The number of fused-ring (bicyclic) bond motifs is 1. The Morgan fingerprint density at radius 3 is 2.91 bits per heavy atom. The lowest BCUT2D eigenvalue weighted by Gasteiger charge is -2.26. The summed E-state index contributed by atoms with van der Waals surface area (Å²) in [7, 11) is 2.22. The van der Waals surface area contributed by atoms with Gasteiger partial charge in [0.2, 0.25) is 0 Å². The SMILES string of the molecule is C[C@@H]1C[C@@]2(N)CCC[C@H]2N1C. The first-order valence-electron chi connectivity index (χ1n) is 4.64. The lowest BCUT2D eigenvalue weighted by molar-refractivity contribution is 0.236. The first-order valence-corrected chi connectivity index (χ1v) is 4.64. The van der Waals surface area contributed by atoms with Gasteiger partial charge in [-0.05, 0) is 39.7 Å². The van der Waals surface area contributed by atoms with Gasteiger partial charge in [0.25, 0.3) is 0 Å². The topological polar surface area (TPSA) is 29.3 Å². The van der Waals surface area contributed by atoms with Crippen molar-refractivity contribution < 1.29 is 0 Å². The maximum absolute atomic E-state index is 6.30. The van der Waals surface area contributed by atoms with Gasteiger partial charge in [0.15, 0.2) is 0 Å². The van der Waals surface area contributed by atoms with E-state index in [1.165, 1.54) is 25.7 Å². The van der Waals surface area contributed by atoms with Gasteiger partial charge in [0.1, 0.15) is 0 Å². The first kappa shape index (κ1) is 7.56. The van der Waals surface area contributed by atoms with E-state index in [1.807, 2.05) is 0 Å². The van der Waals surface area contributed by atoms with Crippen LogP contribution in [0.25, 0.3) is 0 Å². The zero-order valence-corrected chi connectivity index (χ0v) is 7.51. The Morgan fingerprint density at radius 1 is 1.55 bits per heavy atom. The lowest BCUT2D eigenvalue weighted by atomic mass is 9.93. The van der Waals surface area contributed by atoms with Crippen molar-refractivity contribution >= 4 is 0 Å². The van der Waals surface area contributed by atoms with Crippen molar-refractivity contribution in [1.29, 1.82) is 0 Å². The molecule has 0 amide bonds. The van der Waals surface area contributed by atoms with Crippen molar-refractivity contribution in [3.63, 3.8) is 0 Å². The number of likely N-dealkylation sites (N-methyl/N-ethyl adjacent to an activating group) is 1. The van der Waals surface area contributed by atoms with Gasteiger partial charge in [-0.15, -0.1) is 0 Å². The molecule has 1 aliphatic heterocycles. The summed E-state index contributed by atoms with van der Waals surface area (Å²) >= 11 is 0. The summed E-state index contributed by atoms with van der Waals surface area (Å²) < 4.78 is 0. The Labute approximate surface area is 68.7 Å². The fourth-order valence-electron chi connectivity index (χ4n) is 2.93. The number of hydrogen-bond donors (Lipinski definition) is 1. The van der Waals surface area contributed by atoms with E-state index in [-0.39, 0.29) is 5.54 Å². The number of likely N-dealkylation sites (tertiary alicyclic amines) is 1. The molecule has 11 heavy (non-hydrogen) atoms. The molecule has 1 heterocycles. The molecule has 64 valence electrons. The van der Waals surface area contributed by atoms with Crippen LogP contribution >= 0.6 is 0 Å². The Bertz CT molecular complexity index is 169. The van der Waals surface area contributed by atoms with Crippen LogP contribution in [0, 0.1) is 0 Å². The van der Waals surface area contributed by atoms with Crippen LogP contribution in [-0.4, -0.2) is 29.6 Å². The van der Waals surface area contributed by atoms with Gasteiger partial charge in [-0.3, -0.25) is 4.90 Å². The molecule has 2 rings (SSSR count). The molecule has 0 radical (unpaired) electrons. The molecule has 2 aliphatic rings. The second-order valence-electron chi connectivity index (χ2n) is 4.36. The highest BCUT2D eigenvalue weighted by Gasteiger charge is 2.49.